The van der Waals surface area contributed by atoms with Crippen LogP contribution in [0.4, 0.5) is 4.39 Å². The minimum absolute atomic E-state index is 0.0740. The van der Waals surface area contributed by atoms with Crippen molar-refractivity contribution in [3.05, 3.63) is 41.3 Å². The maximum absolute atomic E-state index is 13.0. The maximum Gasteiger partial charge on any atom is 0.275 e. The lowest BCUT2D eigenvalue weighted by Gasteiger charge is -2.12. The van der Waals surface area contributed by atoms with Gasteiger partial charge in [0.1, 0.15) is 18.1 Å². The largest absolute Gasteiger partial charge is 0.356 e. The van der Waals surface area contributed by atoms with Gasteiger partial charge >= 0.3 is 0 Å². The van der Waals surface area contributed by atoms with Crippen molar-refractivity contribution in [2.45, 2.75) is 32.4 Å². The predicted molar refractivity (Wildman–Crippen MR) is 83.3 cm³/mol. The summed E-state index contributed by atoms with van der Waals surface area (Å²) in [5.41, 5.74) is 2.55. The average molecular weight is 318 g/mol. The molecule has 1 saturated carbocycles. The number of nitrogens with zero attached hydrogens (tertiary/aromatic N) is 1. The van der Waals surface area contributed by atoms with Crippen molar-refractivity contribution in [3.8, 4) is 11.3 Å². The lowest BCUT2D eigenvalue weighted by Crippen LogP contribution is -3.09. The van der Waals surface area contributed by atoms with Gasteiger partial charge in [-0.05, 0) is 44.0 Å². The fourth-order valence-electron chi connectivity index (χ4n) is 2.53. The smallest absolute Gasteiger partial charge is 0.275 e. The zero-order chi connectivity index (χ0) is 16.4. The van der Waals surface area contributed by atoms with E-state index in [1.807, 2.05) is 14.0 Å². The third-order valence-electron chi connectivity index (χ3n) is 4.00. The summed E-state index contributed by atoms with van der Waals surface area (Å²) in [6.45, 7) is 2.95. The predicted octanol–water partition coefficient (Wildman–Crippen LogP) is 1.08. The second kappa shape index (κ2) is 6.50. The minimum atomic E-state index is -0.281. The van der Waals surface area contributed by atoms with Crippen molar-refractivity contribution >= 4 is 5.91 Å². The van der Waals surface area contributed by atoms with Crippen molar-refractivity contribution in [1.29, 1.82) is 0 Å². The Morgan fingerprint density at radius 3 is 2.74 bits per heavy atom. The number of hydrogen-bond acceptors (Lipinski definition) is 3. The van der Waals surface area contributed by atoms with Gasteiger partial charge in [-0.15, -0.1) is 0 Å². The van der Waals surface area contributed by atoms with Crippen LogP contribution in [0.5, 0.6) is 0 Å². The van der Waals surface area contributed by atoms with Crippen molar-refractivity contribution in [3.63, 3.8) is 0 Å². The summed E-state index contributed by atoms with van der Waals surface area (Å²) in [4.78, 5) is 12.9. The lowest BCUT2D eigenvalue weighted by molar-refractivity contribution is -0.885. The van der Waals surface area contributed by atoms with Crippen molar-refractivity contribution in [2.75, 3.05) is 13.6 Å². The molecule has 1 amide bonds. The van der Waals surface area contributed by atoms with Crippen LogP contribution in [0.2, 0.25) is 0 Å². The molecule has 1 unspecified atom stereocenters. The van der Waals surface area contributed by atoms with Crippen molar-refractivity contribution in [1.82, 2.24) is 10.5 Å². The molecule has 122 valence electrons. The van der Waals surface area contributed by atoms with E-state index in [0.717, 1.165) is 34.6 Å². The summed E-state index contributed by atoms with van der Waals surface area (Å²) in [6, 6.07) is 6.53. The number of amides is 1. The van der Waals surface area contributed by atoms with E-state index < -0.39 is 0 Å². The number of benzene rings is 1. The van der Waals surface area contributed by atoms with E-state index >= 15 is 0 Å². The normalized spacial score (nSPS) is 15.4. The van der Waals surface area contributed by atoms with E-state index in [1.165, 1.54) is 12.1 Å². The fraction of sp³-hybridized carbons (Fsp3) is 0.412. The Morgan fingerprint density at radius 2 is 2.09 bits per heavy atom. The Labute approximate surface area is 134 Å². The number of carbonyl (C=O) groups is 1. The second-order valence-electron chi connectivity index (χ2n) is 6.24. The molecule has 1 atom stereocenters. The fourth-order valence-corrected chi connectivity index (χ4v) is 2.53. The van der Waals surface area contributed by atoms with Gasteiger partial charge in [-0.2, -0.15) is 0 Å². The summed E-state index contributed by atoms with van der Waals surface area (Å²) >= 11 is 0. The quantitative estimate of drug-likeness (QED) is 0.838. The molecule has 0 spiro atoms. The number of likely N-dealkylation sites (N-methyl/N-ethyl adjacent to an activating group) is 1. The highest BCUT2D eigenvalue weighted by atomic mass is 19.1. The van der Waals surface area contributed by atoms with Crippen LogP contribution in [0.1, 0.15) is 24.1 Å². The van der Waals surface area contributed by atoms with E-state index in [2.05, 4.69) is 10.5 Å². The molecule has 1 aromatic carbocycles. The van der Waals surface area contributed by atoms with Gasteiger partial charge in [0.15, 0.2) is 12.3 Å². The van der Waals surface area contributed by atoms with Gasteiger partial charge in [-0.1, -0.05) is 5.16 Å². The van der Waals surface area contributed by atoms with Crippen LogP contribution < -0.4 is 10.2 Å². The van der Waals surface area contributed by atoms with E-state index in [4.69, 9.17) is 4.52 Å². The van der Waals surface area contributed by atoms with Gasteiger partial charge in [-0.25, -0.2) is 4.39 Å². The molecular weight excluding hydrogens is 297 g/mol. The number of rotatable bonds is 6. The minimum Gasteiger partial charge on any atom is -0.356 e. The van der Waals surface area contributed by atoms with E-state index in [9.17, 15) is 9.18 Å². The van der Waals surface area contributed by atoms with Gasteiger partial charge in [0.05, 0.1) is 7.05 Å². The van der Waals surface area contributed by atoms with E-state index in [1.54, 1.807) is 12.1 Å². The first-order chi connectivity index (χ1) is 11.0. The van der Waals surface area contributed by atoms with Crippen LogP contribution in [0.3, 0.4) is 0 Å². The first-order valence-electron chi connectivity index (χ1n) is 7.84. The Kier molecular flexibility index (Phi) is 4.43. The molecule has 0 radical (unpaired) electrons. The zero-order valence-corrected chi connectivity index (χ0v) is 13.4. The Morgan fingerprint density at radius 1 is 1.39 bits per heavy atom. The molecular formula is C17H21FN3O2+. The third-order valence-corrected chi connectivity index (χ3v) is 4.00. The van der Waals surface area contributed by atoms with Gasteiger partial charge in [0, 0.05) is 17.2 Å². The summed E-state index contributed by atoms with van der Waals surface area (Å²) < 4.78 is 18.4. The zero-order valence-electron chi connectivity index (χ0n) is 13.4. The molecule has 1 heterocycles. The van der Waals surface area contributed by atoms with Gasteiger partial charge in [0.25, 0.3) is 5.91 Å². The first-order valence-corrected chi connectivity index (χ1v) is 7.84. The monoisotopic (exact) mass is 318 g/mol. The third kappa shape index (κ3) is 3.96. The average Bonchev–Trinajstić information content (AvgIpc) is 3.24. The van der Waals surface area contributed by atoms with Crippen LogP contribution in [-0.4, -0.2) is 30.7 Å². The summed E-state index contributed by atoms with van der Waals surface area (Å²) in [5.74, 6) is 0.442. The molecule has 1 fully saturated rings. The molecule has 2 aromatic rings. The standard InChI is InChI=1S/C17H20FN3O2/c1-11-15(9-21(2)10-16(22)19-14-7-8-14)20-23-17(11)12-3-5-13(18)6-4-12/h3-6,14H,7-10H2,1-2H3,(H,19,22)/p+1. The van der Waals surface area contributed by atoms with Crippen molar-refractivity contribution < 1.29 is 18.6 Å². The highest BCUT2D eigenvalue weighted by molar-refractivity contribution is 5.77. The number of aromatic nitrogens is 1. The molecule has 3 rings (SSSR count). The number of nitrogens with one attached hydrogen (secondary N) is 2. The highest BCUT2D eigenvalue weighted by Crippen LogP contribution is 2.25. The van der Waals surface area contributed by atoms with E-state index in [-0.39, 0.29) is 11.7 Å². The SMILES string of the molecule is Cc1c(C[NH+](C)CC(=O)NC2CC2)noc1-c1ccc(F)cc1. The topological polar surface area (TPSA) is 59.6 Å². The molecule has 0 bridgehead atoms. The Hall–Kier alpha value is -2.21. The number of carbonyl (C=O) groups excluding carboxylic acids is 1. The molecule has 1 aromatic heterocycles. The lowest BCUT2D eigenvalue weighted by atomic mass is 10.1. The molecule has 1 aliphatic carbocycles. The molecule has 6 heteroatoms. The summed E-state index contributed by atoms with van der Waals surface area (Å²) in [6.07, 6.45) is 2.18. The van der Waals surface area contributed by atoms with Crippen LogP contribution in [-0.2, 0) is 11.3 Å². The molecule has 2 N–H and O–H groups in total. The number of quaternary nitrogens is 1. The number of hydrogen-bond donors (Lipinski definition) is 2. The second-order valence-corrected chi connectivity index (χ2v) is 6.24. The summed E-state index contributed by atoms with van der Waals surface area (Å²) in [7, 11) is 1.96. The molecule has 0 saturated heterocycles. The molecule has 5 nitrogen and oxygen atoms in total. The van der Waals surface area contributed by atoms with Crippen LogP contribution in [0.15, 0.2) is 28.8 Å². The highest BCUT2D eigenvalue weighted by Gasteiger charge is 2.25. The van der Waals surface area contributed by atoms with E-state index in [0.29, 0.717) is 24.9 Å². The van der Waals surface area contributed by atoms with Crippen molar-refractivity contribution in [2.24, 2.45) is 0 Å². The Balaban J connectivity index is 1.64. The number of halogens is 1. The Bertz CT molecular complexity index is 692. The van der Waals surface area contributed by atoms with Crippen LogP contribution in [0, 0.1) is 12.7 Å². The van der Waals surface area contributed by atoms with Crippen LogP contribution in [0.25, 0.3) is 11.3 Å². The van der Waals surface area contributed by atoms with Gasteiger partial charge in [0.2, 0.25) is 0 Å². The molecule has 0 aliphatic heterocycles. The van der Waals surface area contributed by atoms with Gasteiger partial charge < -0.3 is 14.7 Å². The first kappa shape index (κ1) is 15.7. The van der Waals surface area contributed by atoms with Gasteiger partial charge in [-0.3, -0.25) is 4.79 Å². The summed E-state index contributed by atoms with van der Waals surface area (Å²) in [5, 5.41) is 7.10. The molecule has 1 aliphatic rings. The molecule has 23 heavy (non-hydrogen) atoms. The maximum atomic E-state index is 13.0. The van der Waals surface area contributed by atoms with Crippen LogP contribution >= 0.6 is 0 Å².